The van der Waals surface area contributed by atoms with Gasteiger partial charge in [0.25, 0.3) is 5.56 Å². The van der Waals surface area contributed by atoms with E-state index in [1.807, 2.05) is 0 Å². The number of aromatic amines is 1. The molecule has 1 aliphatic rings. The van der Waals surface area contributed by atoms with E-state index in [2.05, 4.69) is 10.5 Å². The van der Waals surface area contributed by atoms with Gasteiger partial charge >= 0.3 is 5.97 Å². The van der Waals surface area contributed by atoms with E-state index in [0.717, 1.165) is 0 Å². The number of H-pyrrole nitrogens is 1. The molecule has 1 unspecified atom stereocenters. The Labute approximate surface area is 154 Å². The van der Waals surface area contributed by atoms with Gasteiger partial charge in [-0.2, -0.15) is 5.48 Å². The lowest BCUT2D eigenvalue weighted by Gasteiger charge is -2.27. The van der Waals surface area contributed by atoms with Crippen LogP contribution in [0.5, 0.6) is 0 Å². The number of hydrogen-bond acceptors (Lipinski definition) is 9. The first-order chi connectivity index (χ1) is 12.2. The lowest BCUT2D eigenvalue weighted by atomic mass is 9.96. The Morgan fingerprint density at radius 2 is 2.31 bits per heavy atom. The topological polar surface area (TPSA) is 135 Å². The molecular weight excluding hydrogens is 366 g/mol. The van der Waals surface area contributed by atoms with Crippen molar-refractivity contribution in [3.05, 3.63) is 27.4 Å². The van der Waals surface area contributed by atoms with E-state index >= 15 is 0 Å². The van der Waals surface area contributed by atoms with Crippen molar-refractivity contribution < 1.29 is 29.3 Å². The number of ether oxygens (including phenoxy) is 2. The van der Waals surface area contributed by atoms with E-state index in [0.29, 0.717) is 0 Å². The predicted octanol–water partition coefficient (Wildman–Crippen LogP) is -0.612. The van der Waals surface area contributed by atoms with E-state index in [-0.39, 0.29) is 23.5 Å². The van der Waals surface area contributed by atoms with Crippen LogP contribution in [-0.2, 0) is 19.1 Å². The Morgan fingerprint density at radius 3 is 2.92 bits per heavy atom. The van der Waals surface area contributed by atoms with Gasteiger partial charge in [-0.25, -0.2) is 0 Å². The van der Waals surface area contributed by atoms with Crippen molar-refractivity contribution in [2.24, 2.45) is 0 Å². The molecule has 2 heterocycles. The molecule has 0 amide bonds. The molecule has 4 N–H and O–H groups in total. The summed E-state index contributed by atoms with van der Waals surface area (Å²) < 4.78 is 11.9. The van der Waals surface area contributed by atoms with Crippen LogP contribution in [-0.4, -0.2) is 62.8 Å². The third kappa shape index (κ3) is 4.37. The zero-order valence-corrected chi connectivity index (χ0v) is 15.5. The first kappa shape index (κ1) is 20.7. The van der Waals surface area contributed by atoms with Crippen LogP contribution in [0, 0.1) is 4.77 Å². The average Bonchev–Trinajstić information content (AvgIpc) is 2.79. The van der Waals surface area contributed by atoms with E-state index in [1.165, 1.54) is 23.8 Å². The summed E-state index contributed by atoms with van der Waals surface area (Å²) in [7, 11) is 0. The van der Waals surface area contributed by atoms with Gasteiger partial charge in [-0.05, 0) is 33.0 Å². The summed E-state index contributed by atoms with van der Waals surface area (Å²) in [5, 5.41) is 21.0. The molecule has 10 nitrogen and oxygen atoms in total. The molecule has 1 aromatic rings. The highest BCUT2D eigenvalue weighted by Crippen LogP contribution is 2.38. The molecule has 0 spiro atoms. The maximum Gasteiger partial charge on any atom is 0.325 e. The lowest BCUT2D eigenvalue weighted by Crippen LogP contribution is -2.45. The molecule has 1 aromatic heterocycles. The minimum atomic E-state index is -1.68. The fourth-order valence-electron chi connectivity index (χ4n) is 2.56. The predicted molar refractivity (Wildman–Crippen MR) is 91.6 cm³/mol. The molecule has 1 fully saturated rings. The number of carbonyl (C=O) groups excluding carboxylic acids is 1. The SMILES string of the molecule is CCOC(=O)[C@H](C)NOC[C@H]1O[C@@H](n2ccc(=O)[nH]c2=S)[C@](C)(O)C1O. The molecule has 0 saturated carbocycles. The maximum absolute atomic E-state index is 11.5. The third-order valence-corrected chi connectivity index (χ3v) is 4.32. The highest BCUT2D eigenvalue weighted by molar-refractivity contribution is 7.71. The second kappa shape index (κ2) is 8.37. The van der Waals surface area contributed by atoms with Crippen LogP contribution >= 0.6 is 12.2 Å². The molecule has 146 valence electrons. The minimum absolute atomic E-state index is 0.0469. The van der Waals surface area contributed by atoms with Crippen molar-refractivity contribution >= 4 is 18.2 Å². The molecule has 0 aromatic carbocycles. The average molecular weight is 389 g/mol. The van der Waals surface area contributed by atoms with Crippen LogP contribution in [0.15, 0.2) is 17.1 Å². The summed E-state index contributed by atoms with van der Waals surface area (Å²) in [6.07, 6.45) is -1.85. The fourth-order valence-corrected chi connectivity index (χ4v) is 2.82. The zero-order valence-electron chi connectivity index (χ0n) is 14.7. The monoisotopic (exact) mass is 389 g/mol. The van der Waals surface area contributed by atoms with Crippen LogP contribution in [0.2, 0.25) is 0 Å². The van der Waals surface area contributed by atoms with Crippen LogP contribution in [0.4, 0.5) is 0 Å². The van der Waals surface area contributed by atoms with E-state index in [9.17, 15) is 19.8 Å². The highest BCUT2D eigenvalue weighted by atomic mass is 32.1. The highest BCUT2D eigenvalue weighted by Gasteiger charge is 2.53. The molecule has 0 bridgehead atoms. The number of nitrogens with zero attached hydrogens (tertiary/aromatic N) is 1. The maximum atomic E-state index is 11.5. The number of aliphatic hydroxyl groups is 2. The Bertz CT molecular complexity index is 747. The van der Waals surface area contributed by atoms with Gasteiger partial charge in [0.2, 0.25) is 0 Å². The van der Waals surface area contributed by atoms with Crippen LogP contribution in [0.1, 0.15) is 27.0 Å². The van der Waals surface area contributed by atoms with Crippen molar-refractivity contribution in [1.29, 1.82) is 0 Å². The summed E-state index contributed by atoms with van der Waals surface area (Å²) in [6.45, 7) is 4.75. The van der Waals surface area contributed by atoms with Gasteiger partial charge in [-0.15, -0.1) is 0 Å². The zero-order chi connectivity index (χ0) is 19.5. The fraction of sp³-hybridized carbons (Fsp3) is 0.667. The number of hydroxylamine groups is 1. The number of aliphatic hydroxyl groups excluding tert-OH is 1. The first-order valence-corrected chi connectivity index (χ1v) is 8.50. The molecule has 0 aliphatic carbocycles. The summed E-state index contributed by atoms with van der Waals surface area (Å²) in [4.78, 5) is 30.4. The Morgan fingerprint density at radius 1 is 1.62 bits per heavy atom. The summed E-state index contributed by atoms with van der Waals surface area (Å²) in [6, 6.07) is 0.520. The first-order valence-electron chi connectivity index (χ1n) is 8.09. The summed E-state index contributed by atoms with van der Waals surface area (Å²) in [5.74, 6) is -0.482. The number of esters is 1. The largest absolute Gasteiger partial charge is 0.465 e. The van der Waals surface area contributed by atoms with Gasteiger partial charge in [0, 0.05) is 12.3 Å². The van der Waals surface area contributed by atoms with Gasteiger partial charge in [0.05, 0.1) is 13.2 Å². The molecule has 26 heavy (non-hydrogen) atoms. The molecule has 11 heteroatoms. The molecule has 5 atom stereocenters. The third-order valence-electron chi connectivity index (χ3n) is 4.01. The molecule has 1 aliphatic heterocycles. The second-order valence-electron chi connectivity index (χ2n) is 6.12. The second-order valence-corrected chi connectivity index (χ2v) is 6.50. The summed E-state index contributed by atoms with van der Waals surface area (Å²) >= 11 is 5.07. The number of carbonyl (C=O) groups is 1. The van der Waals surface area contributed by atoms with Crippen molar-refractivity contribution in [3.8, 4) is 0 Å². The standard InChI is InChI=1S/C15H23N3O7S/c1-4-23-12(21)8(2)17-24-7-9-11(20)15(3,22)13(25-9)18-6-5-10(19)16-14(18)26/h5-6,8-9,11,13,17,20,22H,4,7H2,1-3H3,(H,16,19,26)/t8-,9+,11?,13+,15+/m0/s1. The van der Waals surface area contributed by atoms with Gasteiger partial charge in [0.15, 0.2) is 11.0 Å². The minimum Gasteiger partial charge on any atom is -0.465 e. The van der Waals surface area contributed by atoms with Crippen LogP contribution in [0.25, 0.3) is 0 Å². The van der Waals surface area contributed by atoms with Crippen molar-refractivity contribution in [2.75, 3.05) is 13.2 Å². The number of aromatic nitrogens is 2. The van der Waals surface area contributed by atoms with E-state index in [4.69, 9.17) is 26.5 Å². The smallest absolute Gasteiger partial charge is 0.325 e. The van der Waals surface area contributed by atoms with Crippen LogP contribution < -0.4 is 11.0 Å². The van der Waals surface area contributed by atoms with Gasteiger partial charge < -0.3 is 19.7 Å². The number of rotatable bonds is 7. The molecule has 0 radical (unpaired) electrons. The Kier molecular flexibility index (Phi) is 6.66. The number of hydrogen-bond donors (Lipinski definition) is 4. The Hall–Kier alpha value is -1.63. The molecular formula is C15H23N3O7S. The van der Waals surface area contributed by atoms with Crippen LogP contribution in [0.3, 0.4) is 0 Å². The molecule has 2 rings (SSSR count). The van der Waals surface area contributed by atoms with Gasteiger partial charge in [-0.1, -0.05) is 0 Å². The molecule has 1 saturated heterocycles. The normalized spacial score (nSPS) is 29.5. The number of nitrogens with one attached hydrogen (secondary N) is 2. The van der Waals surface area contributed by atoms with Crippen molar-refractivity contribution in [1.82, 2.24) is 15.0 Å². The van der Waals surface area contributed by atoms with Gasteiger partial charge in [-0.3, -0.25) is 24.0 Å². The van der Waals surface area contributed by atoms with Gasteiger partial charge in [0.1, 0.15) is 23.9 Å². The Balaban J connectivity index is 2.03. The van der Waals surface area contributed by atoms with Crippen molar-refractivity contribution in [3.63, 3.8) is 0 Å². The lowest BCUT2D eigenvalue weighted by molar-refractivity contribution is -0.152. The quantitative estimate of drug-likeness (QED) is 0.273. The van der Waals surface area contributed by atoms with E-state index in [1.54, 1.807) is 13.8 Å². The van der Waals surface area contributed by atoms with Crippen molar-refractivity contribution in [2.45, 2.75) is 50.8 Å². The summed E-state index contributed by atoms with van der Waals surface area (Å²) in [5.41, 5.74) is 0.422. The van der Waals surface area contributed by atoms with E-state index < -0.39 is 36.0 Å².